The third kappa shape index (κ3) is 6.41. The molecule has 0 aliphatic heterocycles. The average molecular weight is 379 g/mol. The lowest BCUT2D eigenvalue weighted by molar-refractivity contribution is -0.123. The van der Waals surface area contributed by atoms with Crippen LogP contribution < -0.4 is 10.6 Å². The monoisotopic (exact) mass is 379 g/mol. The second kappa shape index (κ2) is 9.18. The second-order valence-corrected chi connectivity index (χ2v) is 6.19. The molecule has 0 aliphatic carbocycles. The van der Waals surface area contributed by atoms with Gasteiger partial charge in [0.1, 0.15) is 17.5 Å². The molecule has 2 aromatic carbocycles. The predicted octanol–water partition coefficient (Wildman–Crippen LogP) is 2.85. The van der Waals surface area contributed by atoms with E-state index >= 15 is 0 Å². The Bertz CT molecular complexity index is 830. The molecule has 0 spiro atoms. The number of rotatable bonds is 7. The van der Waals surface area contributed by atoms with Gasteiger partial charge in [-0.25, -0.2) is 13.2 Å². The number of anilines is 1. The summed E-state index contributed by atoms with van der Waals surface area (Å²) in [7, 11) is 1.56. The molecule has 2 N–H and O–H groups in total. The summed E-state index contributed by atoms with van der Waals surface area (Å²) in [6.07, 6.45) is 0. The van der Waals surface area contributed by atoms with Crippen LogP contribution in [0.3, 0.4) is 0 Å². The molecule has 0 heterocycles. The quantitative estimate of drug-likeness (QED) is 0.778. The van der Waals surface area contributed by atoms with Crippen molar-refractivity contribution >= 4 is 17.5 Å². The van der Waals surface area contributed by atoms with Gasteiger partial charge in [-0.05, 0) is 38.2 Å². The number of amides is 2. The molecule has 0 fully saturated rings. The van der Waals surface area contributed by atoms with Crippen molar-refractivity contribution < 1.29 is 22.8 Å². The van der Waals surface area contributed by atoms with Gasteiger partial charge in [-0.3, -0.25) is 14.5 Å². The third-order valence-corrected chi connectivity index (χ3v) is 3.74. The van der Waals surface area contributed by atoms with Gasteiger partial charge in [-0.15, -0.1) is 0 Å². The number of hydrogen-bond donors (Lipinski definition) is 2. The summed E-state index contributed by atoms with van der Waals surface area (Å²) in [6, 6.07) is 7.94. The van der Waals surface area contributed by atoms with Gasteiger partial charge in [0, 0.05) is 17.3 Å². The van der Waals surface area contributed by atoms with Crippen molar-refractivity contribution in [2.45, 2.75) is 13.0 Å². The summed E-state index contributed by atoms with van der Waals surface area (Å²) in [4.78, 5) is 25.5. The van der Waals surface area contributed by atoms with Crippen molar-refractivity contribution in [3.8, 4) is 0 Å². The summed E-state index contributed by atoms with van der Waals surface area (Å²) in [5, 5.41) is 5.12. The lowest BCUT2D eigenvalue weighted by atomic mass is 10.1. The van der Waals surface area contributed by atoms with Crippen LogP contribution in [0.2, 0.25) is 0 Å². The molecule has 0 radical (unpaired) electrons. The molecule has 144 valence electrons. The van der Waals surface area contributed by atoms with E-state index in [9.17, 15) is 22.8 Å². The second-order valence-electron chi connectivity index (χ2n) is 6.19. The molecule has 0 saturated heterocycles. The van der Waals surface area contributed by atoms with Crippen LogP contribution in [0.5, 0.6) is 0 Å². The van der Waals surface area contributed by atoms with Crippen LogP contribution in [-0.4, -0.2) is 36.9 Å². The molecule has 5 nitrogen and oxygen atoms in total. The van der Waals surface area contributed by atoms with E-state index in [1.807, 2.05) is 0 Å². The largest absolute Gasteiger partial charge is 0.348 e. The van der Waals surface area contributed by atoms with Crippen LogP contribution in [0.15, 0.2) is 42.5 Å². The van der Waals surface area contributed by atoms with E-state index < -0.39 is 35.3 Å². The van der Waals surface area contributed by atoms with Gasteiger partial charge in [0.05, 0.1) is 19.1 Å². The number of hydrogen-bond acceptors (Lipinski definition) is 3. The van der Waals surface area contributed by atoms with Gasteiger partial charge in [0.15, 0.2) is 0 Å². The smallest absolute Gasteiger partial charge is 0.238 e. The van der Waals surface area contributed by atoms with E-state index in [0.29, 0.717) is 5.69 Å². The summed E-state index contributed by atoms with van der Waals surface area (Å²) >= 11 is 0. The fourth-order valence-electron chi connectivity index (χ4n) is 2.53. The van der Waals surface area contributed by atoms with Crippen LogP contribution in [-0.2, 0) is 9.59 Å². The van der Waals surface area contributed by atoms with Crippen LogP contribution in [0, 0.1) is 17.5 Å². The number of nitrogens with zero attached hydrogens (tertiary/aromatic N) is 1. The fraction of sp³-hybridized carbons (Fsp3) is 0.263. The zero-order chi connectivity index (χ0) is 20.0. The zero-order valence-corrected chi connectivity index (χ0v) is 14.9. The van der Waals surface area contributed by atoms with Crippen LogP contribution in [0.25, 0.3) is 0 Å². The molecule has 27 heavy (non-hydrogen) atoms. The number of halogens is 3. The third-order valence-electron chi connectivity index (χ3n) is 3.74. The molecule has 2 aromatic rings. The Morgan fingerprint density at radius 2 is 1.67 bits per heavy atom. The topological polar surface area (TPSA) is 61.4 Å². The van der Waals surface area contributed by atoms with Crippen molar-refractivity contribution in [3.05, 3.63) is 65.5 Å². The number of benzene rings is 2. The van der Waals surface area contributed by atoms with E-state index in [1.165, 1.54) is 29.2 Å². The first-order valence-electron chi connectivity index (χ1n) is 8.23. The van der Waals surface area contributed by atoms with Crippen LogP contribution in [0.4, 0.5) is 18.9 Å². The summed E-state index contributed by atoms with van der Waals surface area (Å²) in [6.45, 7) is 1.37. The molecule has 1 atom stereocenters. The molecule has 0 unspecified atom stereocenters. The Morgan fingerprint density at radius 1 is 1.00 bits per heavy atom. The number of carbonyl (C=O) groups excluding carboxylic acids is 2. The van der Waals surface area contributed by atoms with Crippen LogP contribution in [0.1, 0.15) is 18.5 Å². The number of nitrogens with one attached hydrogen (secondary N) is 2. The molecule has 0 aliphatic rings. The summed E-state index contributed by atoms with van der Waals surface area (Å²) in [5.74, 6) is -2.74. The zero-order valence-electron chi connectivity index (χ0n) is 14.9. The van der Waals surface area contributed by atoms with Crippen LogP contribution >= 0.6 is 0 Å². The van der Waals surface area contributed by atoms with Crippen molar-refractivity contribution in [1.29, 1.82) is 0 Å². The molecule has 0 aromatic heterocycles. The molecule has 0 bridgehead atoms. The molecule has 2 amide bonds. The minimum Gasteiger partial charge on any atom is -0.348 e. The van der Waals surface area contributed by atoms with E-state index in [0.717, 1.165) is 12.1 Å². The maximum Gasteiger partial charge on any atom is 0.238 e. The maximum atomic E-state index is 13.7. The summed E-state index contributed by atoms with van der Waals surface area (Å²) < 4.78 is 39.8. The fourth-order valence-corrected chi connectivity index (χ4v) is 2.53. The highest BCUT2D eigenvalue weighted by atomic mass is 19.1. The highest BCUT2D eigenvalue weighted by molar-refractivity contribution is 5.92. The molecular weight excluding hydrogens is 359 g/mol. The van der Waals surface area contributed by atoms with Gasteiger partial charge in [-0.1, -0.05) is 12.1 Å². The Morgan fingerprint density at radius 3 is 2.33 bits per heavy atom. The highest BCUT2D eigenvalue weighted by Gasteiger charge is 2.16. The predicted molar refractivity (Wildman–Crippen MR) is 95.4 cm³/mol. The van der Waals surface area contributed by atoms with Crippen molar-refractivity contribution in [3.63, 3.8) is 0 Å². The Labute approximate surface area is 155 Å². The number of carbonyl (C=O) groups is 2. The minimum atomic E-state index is -0.745. The minimum absolute atomic E-state index is 0.0940. The van der Waals surface area contributed by atoms with Crippen molar-refractivity contribution in [2.75, 3.05) is 25.5 Å². The molecule has 0 saturated carbocycles. The van der Waals surface area contributed by atoms with Gasteiger partial charge in [-0.2, -0.15) is 0 Å². The first-order chi connectivity index (χ1) is 12.7. The molecular formula is C19H20F3N3O2. The normalized spacial score (nSPS) is 11.9. The Kier molecular flexibility index (Phi) is 6.95. The van der Waals surface area contributed by atoms with E-state index in [1.54, 1.807) is 20.0 Å². The van der Waals surface area contributed by atoms with Crippen molar-refractivity contribution in [2.24, 2.45) is 0 Å². The SMILES string of the molecule is C[C@@H](NC(=O)CN(C)CC(=O)Nc1cccc(F)c1)c1ccc(F)cc1F. The van der Waals surface area contributed by atoms with Gasteiger partial charge in [0.25, 0.3) is 0 Å². The first kappa shape index (κ1) is 20.4. The Hall–Kier alpha value is -2.87. The molecule has 8 heteroatoms. The lowest BCUT2D eigenvalue weighted by Crippen LogP contribution is -2.39. The Balaban J connectivity index is 1.83. The number of likely N-dealkylation sites (N-methyl/N-ethyl adjacent to an activating group) is 1. The van der Waals surface area contributed by atoms with Gasteiger partial charge < -0.3 is 10.6 Å². The first-order valence-corrected chi connectivity index (χ1v) is 8.23. The summed E-state index contributed by atoms with van der Waals surface area (Å²) in [5.41, 5.74) is 0.481. The van der Waals surface area contributed by atoms with Crippen molar-refractivity contribution in [1.82, 2.24) is 10.2 Å². The van der Waals surface area contributed by atoms with Gasteiger partial charge in [0.2, 0.25) is 11.8 Å². The maximum absolute atomic E-state index is 13.7. The van der Waals surface area contributed by atoms with E-state index in [4.69, 9.17) is 0 Å². The van der Waals surface area contributed by atoms with E-state index in [-0.39, 0.29) is 18.7 Å². The molecule has 2 rings (SSSR count). The van der Waals surface area contributed by atoms with E-state index in [2.05, 4.69) is 10.6 Å². The standard InChI is InChI=1S/C19H20F3N3O2/c1-12(16-7-6-14(21)9-17(16)22)23-18(26)10-25(2)11-19(27)24-15-5-3-4-13(20)8-15/h3-9,12H,10-11H2,1-2H3,(H,23,26)(H,24,27)/t12-/m1/s1. The lowest BCUT2D eigenvalue weighted by Gasteiger charge is -2.19. The van der Waals surface area contributed by atoms with Gasteiger partial charge >= 0.3 is 0 Å². The average Bonchev–Trinajstić information content (AvgIpc) is 2.53. The highest BCUT2D eigenvalue weighted by Crippen LogP contribution is 2.17.